The van der Waals surface area contributed by atoms with E-state index in [0.29, 0.717) is 11.6 Å². The van der Waals surface area contributed by atoms with E-state index in [9.17, 15) is 8.42 Å². The molecule has 0 fully saturated rings. The number of hydrogen-bond acceptors (Lipinski definition) is 4. The topological polar surface area (TPSA) is 72.2 Å². The third kappa shape index (κ3) is 4.22. The van der Waals surface area contributed by atoms with Gasteiger partial charge >= 0.3 is 0 Å². The molecule has 1 aromatic heterocycles. The molecule has 0 radical (unpaired) electrons. The fourth-order valence-electron chi connectivity index (χ4n) is 2.84. The lowest BCUT2D eigenvalue weighted by molar-refractivity contribution is 0.495. The minimum Gasteiger partial charge on any atom is -0.446 e. The highest BCUT2D eigenvalue weighted by Crippen LogP contribution is 2.27. The number of rotatable bonds is 4. The zero-order valence-corrected chi connectivity index (χ0v) is 17.0. The van der Waals surface area contributed by atoms with Crippen LogP contribution in [0, 0.1) is 13.8 Å². The second-order valence-electron chi connectivity index (χ2n) is 7.59. The summed E-state index contributed by atoms with van der Waals surface area (Å²) >= 11 is 0. The van der Waals surface area contributed by atoms with Gasteiger partial charge in [0, 0.05) is 18.2 Å². The highest BCUT2D eigenvalue weighted by Gasteiger charge is 2.18. The van der Waals surface area contributed by atoms with Gasteiger partial charge in [-0.2, -0.15) is 0 Å². The lowest BCUT2D eigenvalue weighted by atomic mass is 9.87. The fourth-order valence-corrected chi connectivity index (χ4v) is 3.90. The van der Waals surface area contributed by atoms with Gasteiger partial charge in [0.2, 0.25) is 0 Å². The molecule has 142 valence electrons. The van der Waals surface area contributed by atoms with Crippen LogP contribution in [0.15, 0.2) is 57.8 Å². The Labute approximate surface area is 160 Å². The molecule has 1 N–H and O–H groups in total. The van der Waals surface area contributed by atoms with Crippen molar-refractivity contribution in [3.05, 3.63) is 65.7 Å². The number of aryl methyl sites for hydroxylation is 2. The van der Waals surface area contributed by atoms with Crippen molar-refractivity contribution in [2.75, 3.05) is 4.72 Å². The van der Waals surface area contributed by atoms with Crippen LogP contribution in [0.25, 0.3) is 11.3 Å². The summed E-state index contributed by atoms with van der Waals surface area (Å²) in [4.78, 5) is 4.59. The van der Waals surface area contributed by atoms with E-state index in [1.54, 1.807) is 31.2 Å². The predicted octanol–water partition coefficient (Wildman–Crippen LogP) is 5.06. The Morgan fingerprint density at radius 1 is 0.926 bits per heavy atom. The number of nitrogens with one attached hydrogen (secondary N) is 1. The van der Waals surface area contributed by atoms with Gasteiger partial charge in [-0.3, -0.25) is 4.72 Å². The molecule has 1 heterocycles. The maximum Gasteiger partial charge on any atom is 0.261 e. The van der Waals surface area contributed by atoms with Gasteiger partial charge < -0.3 is 4.42 Å². The molecule has 0 saturated carbocycles. The molecular formula is C21H24N2O3S. The van der Waals surface area contributed by atoms with Crippen molar-refractivity contribution < 1.29 is 12.8 Å². The number of sulfonamides is 1. The summed E-state index contributed by atoms with van der Waals surface area (Å²) in [5, 5.41) is 0. The van der Waals surface area contributed by atoms with Gasteiger partial charge in [-0.25, -0.2) is 13.4 Å². The monoisotopic (exact) mass is 384 g/mol. The number of benzene rings is 2. The molecular weight excluding hydrogens is 360 g/mol. The van der Waals surface area contributed by atoms with Crippen molar-refractivity contribution in [3.63, 3.8) is 0 Å². The lowest BCUT2D eigenvalue weighted by Crippen LogP contribution is -2.14. The first-order valence-corrected chi connectivity index (χ1v) is 10.2. The fraction of sp³-hybridized carbons (Fsp3) is 0.286. The summed E-state index contributed by atoms with van der Waals surface area (Å²) in [6.45, 7) is 9.92. The summed E-state index contributed by atoms with van der Waals surface area (Å²) in [5.41, 5.74) is 3.20. The summed E-state index contributed by atoms with van der Waals surface area (Å²) in [6.07, 6.45) is 0. The van der Waals surface area contributed by atoms with Crippen molar-refractivity contribution in [2.24, 2.45) is 0 Å². The average Bonchev–Trinajstić information content (AvgIpc) is 2.93. The van der Waals surface area contributed by atoms with Crippen molar-refractivity contribution in [1.29, 1.82) is 0 Å². The average molecular weight is 385 g/mol. The Kier molecular flexibility index (Phi) is 4.86. The number of nitrogens with zero attached hydrogens (tertiary/aromatic N) is 1. The quantitative estimate of drug-likeness (QED) is 0.683. The molecule has 2 aromatic carbocycles. The van der Waals surface area contributed by atoms with Crippen LogP contribution >= 0.6 is 0 Å². The van der Waals surface area contributed by atoms with E-state index < -0.39 is 10.0 Å². The lowest BCUT2D eigenvalue weighted by Gasteiger charge is -2.19. The van der Waals surface area contributed by atoms with Crippen LogP contribution in [0.5, 0.6) is 0 Å². The molecule has 0 amide bonds. The van der Waals surface area contributed by atoms with Crippen LogP contribution in [-0.2, 0) is 15.4 Å². The van der Waals surface area contributed by atoms with E-state index >= 15 is 0 Å². The van der Waals surface area contributed by atoms with E-state index in [0.717, 1.165) is 22.6 Å². The van der Waals surface area contributed by atoms with Gasteiger partial charge in [-0.05, 0) is 42.2 Å². The molecule has 0 aliphatic carbocycles. The van der Waals surface area contributed by atoms with Gasteiger partial charge in [-0.15, -0.1) is 0 Å². The molecule has 3 rings (SSSR count). The van der Waals surface area contributed by atoms with Crippen molar-refractivity contribution in [2.45, 2.75) is 44.9 Å². The van der Waals surface area contributed by atoms with E-state index in [2.05, 4.69) is 30.5 Å². The first-order valence-electron chi connectivity index (χ1n) is 8.74. The maximum absolute atomic E-state index is 12.6. The van der Waals surface area contributed by atoms with Gasteiger partial charge in [0.1, 0.15) is 11.5 Å². The van der Waals surface area contributed by atoms with Gasteiger partial charge in [0.05, 0.1) is 4.90 Å². The molecule has 0 aliphatic heterocycles. The summed E-state index contributed by atoms with van der Waals surface area (Å²) in [5.74, 6) is 1.34. The molecule has 0 bridgehead atoms. The predicted molar refractivity (Wildman–Crippen MR) is 107 cm³/mol. The van der Waals surface area contributed by atoms with Crippen LogP contribution in [0.1, 0.15) is 38.0 Å². The highest BCUT2D eigenvalue weighted by molar-refractivity contribution is 7.92. The number of hydrogen-bond donors (Lipinski definition) is 1. The zero-order valence-electron chi connectivity index (χ0n) is 16.2. The normalized spacial score (nSPS) is 12.2. The first-order chi connectivity index (χ1) is 12.6. The number of anilines is 1. The van der Waals surface area contributed by atoms with Crippen LogP contribution in [0.4, 0.5) is 5.69 Å². The zero-order chi connectivity index (χ0) is 19.8. The second kappa shape index (κ2) is 6.85. The van der Waals surface area contributed by atoms with Crippen molar-refractivity contribution >= 4 is 15.7 Å². The molecule has 5 nitrogen and oxygen atoms in total. The molecule has 0 spiro atoms. The van der Waals surface area contributed by atoms with Crippen LogP contribution < -0.4 is 4.72 Å². The Morgan fingerprint density at radius 3 is 2.00 bits per heavy atom. The van der Waals surface area contributed by atoms with E-state index in [1.165, 1.54) is 0 Å². The maximum atomic E-state index is 12.6. The van der Waals surface area contributed by atoms with Crippen LogP contribution in [0.3, 0.4) is 0 Å². The minimum atomic E-state index is -3.64. The van der Waals surface area contributed by atoms with Gasteiger partial charge in [0.25, 0.3) is 10.0 Å². The largest absolute Gasteiger partial charge is 0.446 e. The number of aromatic nitrogens is 1. The minimum absolute atomic E-state index is 0.0246. The SMILES string of the molecule is Cc1nc(-c2ccc(NS(=O)(=O)c3ccc(C(C)(C)C)cc3)cc2)c(C)o1. The molecule has 3 aromatic rings. The van der Waals surface area contributed by atoms with E-state index in [-0.39, 0.29) is 10.3 Å². The molecule has 0 atom stereocenters. The molecule has 0 aliphatic rings. The number of oxazole rings is 1. The van der Waals surface area contributed by atoms with E-state index in [4.69, 9.17) is 4.42 Å². The summed E-state index contributed by atoms with van der Waals surface area (Å²) in [7, 11) is -3.64. The van der Waals surface area contributed by atoms with Crippen LogP contribution in [-0.4, -0.2) is 13.4 Å². The molecule has 0 unspecified atom stereocenters. The Balaban J connectivity index is 1.81. The van der Waals surface area contributed by atoms with Crippen molar-refractivity contribution in [1.82, 2.24) is 4.98 Å². The highest BCUT2D eigenvalue weighted by atomic mass is 32.2. The third-order valence-corrected chi connectivity index (χ3v) is 5.74. The molecule has 6 heteroatoms. The standard InChI is InChI=1S/C21H24N2O3S/c1-14-20(22-15(2)26-14)16-6-10-18(11-7-16)23-27(24,25)19-12-8-17(9-13-19)21(3,4)5/h6-13,23H,1-5H3. The molecule has 27 heavy (non-hydrogen) atoms. The first kappa shape index (κ1) is 19.2. The summed E-state index contributed by atoms with van der Waals surface area (Å²) < 4.78 is 33.3. The third-order valence-electron chi connectivity index (χ3n) is 4.34. The Morgan fingerprint density at radius 2 is 1.52 bits per heavy atom. The Hall–Kier alpha value is -2.60. The van der Waals surface area contributed by atoms with Gasteiger partial charge in [0.15, 0.2) is 5.89 Å². The Bertz CT molecular complexity index is 1040. The molecule has 0 saturated heterocycles. The second-order valence-corrected chi connectivity index (χ2v) is 9.28. The summed E-state index contributed by atoms with van der Waals surface area (Å²) in [6, 6.07) is 14.1. The van der Waals surface area contributed by atoms with Crippen LogP contribution in [0.2, 0.25) is 0 Å². The smallest absolute Gasteiger partial charge is 0.261 e. The van der Waals surface area contributed by atoms with Gasteiger partial charge in [-0.1, -0.05) is 45.0 Å². The van der Waals surface area contributed by atoms with Crippen molar-refractivity contribution in [3.8, 4) is 11.3 Å². The van der Waals surface area contributed by atoms with E-state index in [1.807, 2.05) is 31.2 Å².